The van der Waals surface area contributed by atoms with Crippen molar-refractivity contribution in [3.8, 4) is 0 Å². The van der Waals surface area contributed by atoms with Crippen LogP contribution in [0.3, 0.4) is 0 Å². The van der Waals surface area contributed by atoms with Gasteiger partial charge in [-0.15, -0.1) is 0 Å². The average molecular weight is 435 g/mol. The van der Waals surface area contributed by atoms with Crippen molar-refractivity contribution in [3.05, 3.63) is 70.0 Å². The molecule has 2 aromatic rings. The first-order valence-electron chi connectivity index (χ1n) is 10.1. The number of piperidine rings is 1. The number of thioether (sulfide) groups is 1. The number of hydrogen-bond acceptors (Lipinski definition) is 3. The summed E-state index contributed by atoms with van der Waals surface area (Å²) in [5.74, 6) is 1.83. The number of amides is 1. The molecule has 0 atom stereocenters. The third-order valence-electron chi connectivity index (χ3n) is 5.30. The summed E-state index contributed by atoms with van der Waals surface area (Å²) >= 11 is 7.65. The van der Waals surface area contributed by atoms with Crippen LogP contribution >= 0.6 is 23.4 Å². The molecule has 6 heteroatoms. The van der Waals surface area contributed by atoms with Gasteiger partial charge in [-0.05, 0) is 50.6 Å². The number of rotatable bonds is 8. The van der Waals surface area contributed by atoms with Gasteiger partial charge < -0.3 is 5.32 Å². The van der Waals surface area contributed by atoms with Gasteiger partial charge in [-0.2, -0.15) is 11.8 Å². The summed E-state index contributed by atoms with van der Waals surface area (Å²) in [4.78, 5) is 14.6. The molecule has 1 fully saturated rings. The summed E-state index contributed by atoms with van der Waals surface area (Å²) in [6.45, 7) is 4.97. The van der Waals surface area contributed by atoms with Gasteiger partial charge in [0.25, 0.3) is 0 Å². The van der Waals surface area contributed by atoms with Crippen LogP contribution in [0.4, 0.5) is 4.39 Å². The lowest BCUT2D eigenvalue weighted by Gasteiger charge is -2.31. The van der Waals surface area contributed by atoms with Crippen molar-refractivity contribution in [2.24, 2.45) is 5.92 Å². The normalized spacial score (nSPS) is 15.4. The number of nitrogens with zero attached hydrogens (tertiary/aromatic N) is 1. The van der Waals surface area contributed by atoms with Crippen LogP contribution in [-0.2, 0) is 17.1 Å². The molecule has 1 aliphatic heterocycles. The van der Waals surface area contributed by atoms with Crippen molar-refractivity contribution >= 4 is 29.3 Å². The van der Waals surface area contributed by atoms with Gasteiger partial charge in [0, 0.05) is 41.1 Å². The van der Waals surface area contributed by atoms with E-state index in [0.717, 1.165) is 37.4 Å². The summed E-state index contributed by atoms with van der Waals surface area (Å²) in [5, 5.41) is 3.49. The van der Waals surface area contributed by atoms with E-state index in [1.807, 2.05) is 11.8 Å². The van der Waals surface area contributed by atoms with Crippen LogP contribution in [0.5, 0.6) is 0 Å². The zero-order valence-corrected chi connectivity index (χ0v) is 18.4. The first-order valence-corrected chi connectivity index (χ1v) is 11.6. The van der Waals surface area contributed by atoms with Gasteiger partial charge in [0.1, 0.15) is 5.82 Å². The number of likely N-dealkylation sites (tertiary alicyclic amines) is 1. The zero-order valence-electron chi connectivity index (χ0n) is 16.8. The molecule has 0 bridgehead atoms. The van der Waals surface area contributed by atoms with Gasteiger partial charge >= 0.3 is 0 Å². The third kappa shape index (κ3) is 7.02. The van der Waals surface area contributed by atoms with Crippen LogP contribution < -0.4 is 5.32 Å². The fourth-order valence-electron chi connectivity index (χ4n) is 3.51. The molecule has 2 aromatic carbocycles. The van der Waals surface area contributed by atoms with E-state index in [4.69, 9.17) is 11.6 Å². The van der Waals surface area contributed by atoms with Gasteiger partial charge in [-0.3, -0.25) is 9.69 Å². The molecule has 0 unspecified atom stereocenters. The molecule has 0 aromatic heterocycles. The molecule has 1 aliphatic rings. The standard InChI is InChI=1S/C23H28ClFN2OS/c1-17-2-4-18(5-3-17)16-29-13-10-26-23(28)19-8-11-27(12-9-19)15-20-6-7-21(24)14-22(20)25/h2-7,14,19H,8-13,15-16H2,1H3,(H,26,28). The van der Waals surface area contributed by atoms with E-state index in [2.05, 4.69) is 41.4 Å². The van der Waals surface area contributed by atoms with Gasteiger partial charge in [-0.25, -0.2) is 4.39 Å². The summed E-state index contributed by atoms with van der Waals surface area (Å²) in [6, 6.07) is 13.4. The lowest BCUT2D eigenvalue weighted by atomic mass is 9.95. The first-order chi connectivity index (χ1) is 14.0. The van der Waals surface area contributed by atoms with Crippen LogP contribution in [0.1, 0.15) is 29.5 Å². The highest BCUT2D eigenvalue weighted by Crippen LogP contribution is 2.22. The molecule has 3 rings (SSSR count). The molecule has 0 saturated carbocycles. The summed E-state index contributed by atoms with van der Waals surface area (Å²) in [5.41, 5.74) is 3.25. The third-order valence-corrected chi connectivity index (χ3v) is 6.57. The van der Waals surface area contributed by atoms with Crippen molar-refractivity contribution in [1.82, 2.24) is 10.2 Å². The average Bonchev–Trinajstić information content (AvgIpc) is 2.71. The van der Waals surface area contributed by atoms with E-state index in [0.29, 0.717) is 23.7 Å². The highest BCUT2D eigenvalue weighted by Gasteiger charge is 2.25. The number of nitrogens with one attached hydrogen (secondary N) is 1. The predicted molar refractivity (Wildman–Crippen MR) is 120 cm³/mol. The smallest absolute Gasteiger partial charge is 0.223 e. The summed E-state index contributed by atoms with van der Waals surface area (Å²) in [6.07, 6.45) is 1.63. The predicted octanol–water partition coefficient (Wildman–Crippen LogP) is 5.05. The minimum atomic E-state index is -0.263. The van der Waals surface area contributed by atoms with Gasteiger partial charge in [0.05, 0.1) is 0 Å². The van der Waals surface area contributed by atoms with E-state index < -0.39 is 0 Å². The molecule has 1 saturated heterocycles. The minimum Gasteiger partial charge on any atom is -0.355 e. The number of benzene rings is 2. The molecule has 0 aliphatic carbocycles. The van der Waals surface area contributed by atoms with E-state index in [1.165, 1.54) is 17.2 Å². The maximum Gasteiger partial charge on any atom is 0.223 e. The summed E-state index contributed by atoms with van der Waals surface area (Å²) < 4.78 is 14.0. The van der Waals surface area contributed by atoms with Crippen LogP contribution in [0.25, 0.3) is 0 Å². The first kappa shape index (κ1) is 22.1. The second-order valence-corrected chi connectivity index (χ2v) is 9.16. The Morgan fingerprint density at radius 2 is 1.93 bits per heavy atom. The molecular weight excluding hydrogens is 407 g/mol. The van der Waals surface area contributed by atoms with Crippen LogP contribution in [-0.4, -0.2) is 36.2 Å². The molecule has 1 amide bonds. The highest BCUT2D eigenvalue weighted by atomic mass is 35.5. The van der Waals surface area contributed by atoms with Gasteiger partial charge in [0.15, 0.2) is 0 Å². The topological polar surface area (TPSA) is 32.3 Å². The Morgan fingerprint density at radius 3 is 2.62 bits per heavy atom. The van der Waals surface area contributed by atoms with Crippen LogP contribution in [0.15, 0.2) is 42.5 Å². The quantitative estimate of drug-likeness (QED) is 0.590. The van der Waals surface area contributed by atoms with Crippen LogP contribution in [0, 0.1) is 18.7 Å². The lowest BCUT2D eigenvalue weighted by Crippen LogP contribution is -2.40. The largest absolute Gasteiger partial charge is 0.355 e. The van der Waals surface area contributed by atoms with Crippen molar-refractivity contribution in [3.63, 3.8) is 0 Å². The van der Waals surface area contributed by atoms with Crippen molar-refractivity contribution in [2.45, 2.75) is 32.1 Å². The molecule has 29 heavy (non-hydrogen) atoms. The molecule has 1 N–H and O–H groups in total. The molecule has 0 spiro atoms. The fraction of sp³-hybridized carbons (Fsp3) is 0.435. The molecule has 0 radical (unpaired) electrons. The number of carbonyl (C=O) groups excluding carboxylic acids is 1. The Bertz CT molecular complexity index is 807. The van der Waals surface area contributed by atoms with Gasteiger partial charge in [-0.1, -0.05) is 47.5 Å². The summed E-state index contributed by atoms with van der Waals surface area (Å²) in [7, 11) is 0. The van der Waals surface area contributed by atoms with Crippen molar-refractivity contribution in [1.29, 1.82) is 0 Å². The molecule has 1 heterocycles. The fourth-order valence-corrected chi connectivity index (χ4v) is 4.49. The Balaban J connectivity index is 1.32. The number of carbonyl (C=O) groups is 1. The second-order valence-electron chi connectivity index (χ2n) is 7.62. The van der Waals surface area contributed by atoms with E-state index in [-0.39, 0.29) is 17.6 Å². The number of aryl methyl sites for hydroxylation is 1. The van der Waals surface area contributed by atoms with E-state index in [9.17, 15) is 9.18 Å². The van der Waals surface area contributed by atoms with Crippen molar-refractivity contribution < 1.29 is 9.18 Å². The minimum absolute atomic E-state index is 0.0587. The maximum atomic E-state index is 14.0. The zero-order chi connectivity index (χ0) is 20.6. The van der Waals surface area contributed by atoms with Crippen molar-refractivity contribution in [2.75, 3.05) is 25.4 Å². The van der Waals surface area contributed by atoms with Crippen LogP contribution in [0.2, 0.25) is 5.02 Å². The Kier molecular flexibility index (Phi) is 8.40. The van der Waals surface area contributed by atoms with E-state index in [1.54, 1.807) is 12.1 Å². The Labute approximate surface area is 182 Å². The van der Waals surface area contributed by atoms with Gasteiger partial charge in [0.2, 0.25) is 5.91 Å². The monoisotopic (exact) mass is 434 g/mol. The van der Waals surface area contributed by atoms with E-state index >= 15 is 0 Å². The number of hydrogen-bond donors (Lipinski definition) is 1. The number of halogens is 2. The SMILES string of the molecule is Cc1ccc(CSCCNC(=O)C2CCN(Cc3ccc(Cl)cc3F)CC2)cc1. The molecule has 156 valence electrons. The Hall–Kier alpha value is -1.56. The Morgan fingerprint density at radius 1 is 1.21 bits per heavy atom. The second kappa shape index (κ2) is 11.0. The maximum absolute atomic E-state index is 14.0. The highest BCUT2D eigenvalue weighted by molar-refractivity contribution is 7.98. The molecular formula is C23H28ClFN2OS. The molecule has 3 nitrogen and oxygen atoms in total. The lowest BCUT2D eigenvalue weighted by molar-refractivity contribution is -0.126.